The summed E-state index contributed by atoms with van der Waals surface area (Å²) < 4.78 is 0. The second kappa shape index (κ2) is 6.76. The number of rotatable bonds is 4. The fraction of sp³-hybridized carbons (Fsp3) is 0.500. The van der Waals surface area contributed by atoms with E-state index < -0.39 is 0 Å². The Balaban J connectivity index is 0.00000169. The van der Waals surface area contributed by atoms with Crippen LogP contribution in [0.2, 0.25) is 0 Å². The number of aliphatic hydroxyl groups excluding tert-OH is 1. The number of hydrogen-bond acceptors (Lipinski definition) is 3. The lowest BCUT2D eigenvalue weighted by Gasteiger charge is -2.17. The van der Waals surface area contributed by atoms with Crippen molar-refractivity contribution in [1.29, 1.82) is 0 Å². The monoisotopic (exact) mass is 216 g/mol. The van der Waals surface area contributed by atoms with E-state index in [2.05, 4.69) is 4.98 Å². The van der Waals surface area contributed by atoms with Crippen LogP contribution in [0.3, 0.4) is 0 Å². The third kappa shape index (κ3) is 3.62. The molecule has 14 heavy (non-hydrogen) atoms. The highest BCUT2D eigenvalue weighted by Crippen LogP contribution is 2.16. The van der Waals surface area contributed by atoms with E-state index in [-0.39, 0.29) is 31.0 Å². The van der Waals surface area contributed by atoms with Crippen LogP contribution in [0.4, 0.5) is 0 Å². The number of nitrogens with two attached hydrogens (primary N) is 1. The first kappa shape index (κ1) is 13.4. The predicted octanol–water partition coefficient (Wildman–Crippen LogP) is 1.32. The minimum atomic E-state index is -0.0140. The molecule has 4 heteroatoms. The Hall–Kier alpha value is -0.640. The summed E-state index contributed by atoms with van der Waals surface area (Å²) in [6.07, 6.45) is 2.38. The number of nitrogens with zero attached hydrogens (tertiary/aromatic N) is 1. The average molecular weight is 217 g/mol. The molecule has 0 aliphatic carbocycles. The average Bonchev–Trinajstić information content (AvgIpc) is 2.18. The standard InChI is InChI=1S/C10H16N2O.ClH/c1-8(9(11)5-7-13)10-4-2-3-6-12-10;/h2-4,6,8-9,13H,5,7,11H2,1H3;1H/t8?,9-;/m0./s1. The van der Waals surface area contributed by atoms with Crippen LogP contribution in [0.5, 0.6) is 0 Å². The molecule has 0 spiro atoms. The van der Waals surface area contributed by atoms with E-state index in [0.717, 1.165) is 5.69 Å². The maximum absolute atomic E-state index is 8.73. The summed E-state index contributed by atoms with van der Waals surface area (Å²) in [6.45, 7) is 2.17. The van der Waals surface area contributed by atoms with Crippen LogP contribution in [-0.2, 0) is 0 Å². The summed E-state index contributed by atoms with van der Waals surface area (Å²) >= 11 is 0. The minimum absolute atomic E-state index is 0. The van der Waals surface area contributed by atoms with E-state index in [4.69, 9.17) is 10.8 Å². The number of aromatic nitrogens is 1. The summed E-state index contributed by atoms with van der Waals surface area (Å²) in [5.41, 5.74) is 6.85. The first-order valence-electron chi connectivity index (χ1n) is 4.53. The third-order valence-corrected chi connectivity index (χ3v) is 2.26. The highest BCUT2D eigenvalue weighted by molar-refractivity contribution is 5.85. The van der Waals surface area contributed by atoms with Crippen LogP contribution in [0.15, 0.2) is 24.4 Å². The fourth-order valence-corrected chi connectivity index (χ4v) is 1.26. The second-order valence-electron chi connectivity index (χ2n) is 3.22. The van der Waals surface area contributed by atoms with Gasteiger partial charge in [0.25, 0.3) is 0 Å². The summed E-state index contributed by atoms with van der Waals surface area (Å²) in [5, 5.41) is 8.73. The van der Waals surface area contributed by atoms with Gasteiger partial charge in [-0.2, -0.15) is 0 Å². The van der Waals surface area contributed by atoms with Crippen molar-refractivity contribution in [2.24, 2.45) is 5.73 Å². The molecule has 0 aromatic carbocycles. The van der Waals surface area contributed by atoms with Crippen molar-refractivity contribution < 1.29 is 5.11 Å². The summed E-state index contributed by atoms with van der Waals surface area (Å²) in [4.78, 5) is 4.22. The van der Waals surface area contributed by atoms with Crippen molar-refractivity contribution in [2.75, 3.05) is 6.61 Å². The van der Waals surface area contributed by atoms with E-state index in [1.807, 2.05) is 25.1 Å². The molecule has 2 atom stereocenters. The molecule has 1 unspecified atom stereocenters. The van der Waals surface area contributed by atoms with Gasteiger partial charge < -0.3 is 10.8 Å². The minimum Gasteiger partial charge on any atom is -0.396 e. The number of pyridine rings is 1. The quantitative estimate of drug-likeness (QED) is 0.798. The highest BCUT2D eigenvalue weighted by atomic mass is 35.5. The van der Waals surface area contributed by atoms with Crippen LogP contribution in [0.25, 0.3) is 0 Å². The predicted molar refractivity (Wildman–Crippen MR) is 59.6 cm³/mol. The van der Waals surface area contributed by atoms with Gasteiger partial charge in [0.1, 0.15) is 0 Å². The molecule has 0 fully saturated rings. The molecule has 1 aromatic rings. The molecule has 0 saturated carbocycles. The Morgan fingerprint density at radius 2 is 2.21 bits per heavy atom. The molecule has 80 valence electrons. The molecule has 1 heterocycles. The molecule has 0 saturated heterocycles. The maximum atomic E-state index is 8.73. The largest absolute Gasteiger partial charge is 0.396 e. The first-order valence-corrected chi connectivity index (χ1v) is 4.53. The molecule has 1 rings (SSSR count). The normalized spacial score (nSPS) is 14.2. The van der Waals surface area contributed by atoms with E-state index >= 15 is 0 Å². The van der Waals surface area contributed by atoms with Crippen molar-refractivity contribution in [3.63, 3.8) is 0 Å². The summed E-state index contributed by atoms with van der Waals surface area (Å²) in [5.74, 6) is 0.202. The van der Waals surface area contributed by atoms with Gasteiger partial charge in [-0.05, 0) is 18.6 Å². The van der Waals surface area contributed by atoms with Crippen molar-refractivity contribution in [1.82, 2.24) is 4.98 Å². The van der Waals surface area contributed by atoms with Crippen molar-refractivity contribution in [3.05, 3.63) is 30.1 Å². The lowest BCUT2D eigenvalue weighted by atomic mass is 9.96. The third-order valence-electron chi connectivity index (χ3n) is 2.26. The van der Waals surface area contributed by atoms with Crippen molar-refractivity contribution >= 4 is 12.4 Å². The van der Waals surface area contributed by atoms with E-state index in [9.17, 15) is 0 Å². The Morgan fingerprint density at radius 1 is 1.50 bits per heavy atom. The van der Waals surface area contributed by atoms with Crippen LogP contribution < -0.4 is 5.73 Å². The van der Waals surface area contributed by atoms with Gasteiger partial charge in [0.2, 0.25) is 0 Å². The van der Waals surface area contributed by atoms with Crippen LogP contribution in [0.1, 0.15) is 25.0 Å². The van der Waals surface area contributed by atoms with Gasteiger partial charge in [0.15, 0.2) is 0 Å². The first-order chi connectivity index (χ1) is 6.25. The van der Waals surface area contributed by atoms with Gasteiger partial charge in [-0.1, -0.05) is 13.0 Å². The molecule has 3 N–H and O–H groups in total. The van der Waals surface area contributed by atoms with Crippen molar-refractivity contribution in [2.45, 2.75) is 25.3 Å². The lowest BCUT2D eigenvalue weighted by Crippen LogP contribution is -2.28. The van der Waals surface area contributed by atoms with Gasteiger partial charge in [0.05, 0.1) is 0 Å². The second-order valence-corrected chi connectivity index (χ2v) is 3.22. The summed E-state index contributed by atoms with van der Waals surface area (Å²) in [7, 11) is 0. The maximum Gasteiger partial charge on any atom is 0.0447 e. The molecule has 3 nitrogen and oxygen atoms in total. The molecule has 0 amide bonds. The fourth-order valence-electron chi connectivity index (χ4n) is 1.26. The Morgan fingerprint density at radius 3 is 2.71 bits per heavy atom. The summed E-state index contributed by atoms with van der Waals surface area (Å²) in [6, 6.07) is 5.78. The van der Waals surface area contributed by atoms with Gasteiger partial charge in [-0.25, -0.2) is 0 Å². The highest BCUT2D eigenvalue weighted by Gasteiger charge is 2.14. The Bertz CT molecular complexity index is 243. The SMILES string of the molecule is CC(c1ccccn1)[C@@H](N)CCO.Cl. The van der Waals surface area contributed by atoms with Crippen LogP contribution in [-0.4, -0.2) is 22.7 Å². The van der Waals surface area contributed by atoms with E-state index in [1.54, 1.807) is 6.20 Å². The van der Waals surface area contributed by atoms with Gasteiger partial charge in [-0.3, -0.25) is 4.98 Å². The van der Waals surface area contributed by atoms with E-state index in [0.29, 0.717) is 6.42 Å². The number of aliphatic hydroxyl groups is 1. The van der Waals surface area contributed by atoms with Crippen LogP contribution >= 0.6 is 12.4 Å². The Kier molecular flexibility index (Phi) is 6.45. The molecule has 0 radical (unpaired) electrons. The molecular weight excluding hydrogens is 200 g/mol. The van der Waals surface area contributed by atoms with E-state index in [1.165, 1.54) is 0 Å². The van der Waals surface area contributed by atoms with Crippen molar-refractivity contribution in [3.8, 4) is 0 Å². The van der Waals surface area contributed by atoms with Gasteiger partial charge in [-0.15, -0.1) is 12.4 Å². The smallest absolute Gasteiger partial charge is 0.0447 e. The number of halogens is 1. The van der Waals surface area contributed by atoms with Crippen LogP contribution in [0, 0.1) is 0 Å². The lowest BCUT2D eigenvalue weighted by molar-refractivity contribution is 0.269. The topological polar surface area (TPSA) is 59.1 Å². The molecule has 1 aromatic heterocycles. The number of hydrogen-bond donors (Lipinski definition) is 2. The van der Waals surface area contributed by atoms with Gasteiger partial charge >= 0.3 is 0 Å². The van der Waals surface area contributed by atoms with Gasteiger partial charge in [0, 0.05) is 30.5 Å². The molecule has 0 aliphatic heterocycles. The molecular formula is C10H17ClN2O. The Labute approximate surface area is 90.8 Å². The molecule has 0 aliphatic rings. The zero-order valence-corrected chi connectivity index (χ0v) is 9.07. The zero-order valence-electron chi connectivity index (χ0n) is 8.26. The zero-order chi connectivity index (χ0) is 9.68. The molecule has 0 bridgehead atoms.